The standard InChI is InChI=1S/C22H21F3N4O3/c23-22(24,25)15-10-14(11-17(12-15)29-8-3-5-19(29)30)20(31)27-16-6-9-28(13-16)21(32)18-4-1-2-7-26-18/h1-2,4,7,10-12,16H,3,5-6,8-9,13H2,(H,27,31). The predicted octanol–water partition coefficient (Wildman–Crippen LogP) is 2.87. The van der Waals surface area contributed by atoms with Crippen LogP contribution in [-0.4, -0.2) is 53.3 Å². The Morgan fingerprint density at radius 1 is 1.12 bits per heavy atom. The first-order chi connectivity index (χ1) is 15.2. The summed E-state index contributed by atoms with van der Waals surface area (Å²) < 4.78 is 40.2. The van der Waals surface area contributed by atoms with Crippen molar-refractivity contribution in [3.8, 4) is 0 Å². The summed E-state index contributed by atoms with van der Waals surface area (Å²) in [6, 6.07) is 7.57. The van der Waals surface area contributed by atoms with E-state index in [1.807, 2.05) is 0 Å². The lowest BCUT2D eigenvalue weighted by Crippen LogP contribution is -2.38. The smallest absolute Gasteiger partial charge is 0.347 e. The number of halogens is 3. The highest BCUT2D eigenvalue weighted by Crippen LogP contribution is 2.34. The number of aromatic nitrogens is 1. The molecule has 1 aromatic heterocycles. The second-order valence-corrected chi connectivity index (χ2v) is 7.84. The number of pyridine rings is 1. The Balaban J connectivity index is 1.49. The number of nitrogens with one attached hydrogen (secondary N) is 1. The van der Waals surface area contributed by atoms with Gasteiger partial charge in [-0.05, 0) is 43.2 Å². The van der Waals surface area contributed by atoms with Gasteiger partial charge in [-0.3, -0.25) is 19.4 Å². The second kappa shape index (κ2) is 8.60. The van der Waals surface area contributed by atoms with E-state index in [0.29, 0.717) is 25.9 Å². The predicted molar refractivity (Wildman–Crippen MR) is 109 cm³/mol. The van der Waals surface area contributed by atoms with Gasteiger partial charge in [0.2, 0.25) is 5.91 Å². The molecule has 2 aromatic rings. The maximum absolute atomic E-state index is 13.4. The van der Waals surface area contributed by atoms with E-state index in [0.717, 1.165) is 12.1 Å². The summed E-state index contributed by atoms with van der Waals surface area (Å²) >= 11 is 0. The summed E-state index contributed by atoms with van der Waals surface area (Å²) in [4.78, 5) is 44.2. The van der Waals surface area contributed by atoms with E-state index in [4.69, 9.17) is 0 Å². The van der Waals surface area contributed by atoms with Crippen LogP contribution in [0, 0.1) is 0 Å². The van der Waals surface area contributed by atoms with Gasteiger partial charge in [-0.1, -0.05) is 6.07 Å². The monoisotopic (exact) mass is 446 g/mol. The molecule has 1 N–H and O–H groups in total. The Morgan fingerprint density at radius 2 is 1.94 bits per heavy atom. The molecule has 3 heterocycles. The van der Waals surface area contributed by atoms with Crippen molar-refractivity contribution >= 4 is 23.4 Å². The number of anilines is 1. The van der Waals surface area contributed by atoms with Crippen LogP contribution in [0.25, 0.3) is 0 Å². The SMILES string of the molecule is O=C(NC1CCN(C(=O)c2ccccn2)C1)c1cc(N2CCCC2=O)cc(C(F)(F)F)c1. The highest BCUT2D eigenvalue weighted by Gasteiger charge is 2.34. The van der Waals surface area contributed by atoms with Gasteiger partial charge >= 0.3 is 6.18 Å². The molecular weight excluding hydrogens is 425 g/mol. The zero-order valence-corrected chi connectivity index (χ0v) is 17.1. The number of benzene rings is 1. The zero-order valence-electron chi connectivity index (χ0n) is 17.1. The van der Waals surface area contributed by atoms with Crippen molar-refractivity contribution < 1.29 is 27.6 Å². The van der Waals surface area contributed by atoms with Gasteiger partial charge in [0.25, 0.3) is 11.8 Å². The van der Waals surface area contributed by atoms with Crippen molar-refractivity contribution in [2.24, 2.45) is 0 Å². The zero-order chi connectivity index (χ0) is 22.9. The van der Waals surface area contributed by atoms with Crippen LogP contribution >= 0.6 is 0 Å². The van der Waals surface area contributed by atoms with Crippen LogP contribution in [0.4, 0.5) is 18.9 Å². The van der Waals surface area contributed by atoms with Gasteiger partial charge in [-0.2, -0.15) is 13.2 Å². The van der Waals surface area contributed by atoms with Gasteiger partial charge in [-0.15, -0.1) is 0 Å². The first-order valence-electron chi connectivity index (χ1n) is 10.3. The molecule has 0 saturated carbocycles. The van der Waals surface area contributed by atoms with E-state index in [-0.39, 0.29) is 41.7 Å². The van der Waals surface area contributed by atoms with E-state index in [1.165, 1.54) is 17.2 Å². The van der Waals surface area contributed by atoms with Gasteiger partial charge in [-0.25, -0.2) is 0 Å². The number of alkyl halides is 3. The molecule has 10 heteroatoms. The summed E-state index contributed by atoms with van der Waals surface area (Å²) in [7, 11) is 0. The normalized spacial score (nSPS) is 18.8. The Morgan fingerprint density at radius 3 is 2.59 bits per heavy atom. The molecular formula is C22H21F3N4O3. The van der Waals surface area contributed by atoms with Gasteiger partial charge in [0, 0.05) is 49.5 Å². The molecule has 2 aliphatic heterocycles. The topological polar surface area (TPSA) is 82.6 Å². The first-order valence-corrected chi connectivity index (χ1v) is 10.3. The lowest BCUT2D eigenvalue weighted by atomic mass is 10.1. The lowest BCUT2D eigenvalue weighted by Gasteiger charge is -2.20. The molecule has 0 spiro atoms. The van der Waals surface area contributed by atoms with Crippen LogP contribution < -0.4 is 10.2 Å². The minimum atomic E-state index is -4.66. The molecule has 0 bridgehead atoms. The van der Waals surface area contributed by atoms with E-state index in [1.54, 1.807) is 23.1 Å². The van der Waals surface area contributed by atoms with Crippen molar-refractivity contribution in [3.05, 3.63) is 59.4 Å². The number of rotatable bonds is 4. The second-order valence-electron chi connectivity index (χ2n) is 7.84. The Kier molecular flexibility index (Phi) is 5.86. The number of likely N-dealkylation sites (tertiary alicyclic amines) is 1. The maximum atomic E-state index is 13.4. The van der Waals surface area contributed by atoms with Crippen LogP contribution in [0.1, 0.15) is 45.7 Å². The number of hydrogen-bond acceptors (Lipinski definition) is 4. The highest BCUT2D eigenvalue weighted by atomic mass is 19.4. The van der Waals surface area contributed by atoms with Crippen molar-refractivity contribution in [1.29, 1.82) is 0 Å². The van der Waals surface area contributed by atoms with Gasteiger partial charge in [0.1, 0.15) is 5.69 Å². The number of carbonyl (C=O) groups is 3. The van der Waals surface area contributed by atoms with E-state index >= 15 is 0 Å². The Hall–Kier alpha value is -3.43. The van der Waals surface area contributed by atoms with Crippen molar-refractivity contribution in [2.45, 2.75) is 31.5 Å². The molecule has 0 aliphatic carbocycles. The summed E-state index contributed by atoms with van der Waals surface area (Å²) in [6.07, 6.45) is -1.86. The van der Waals surface area contributed by atoms with Crippen LogP contribution in [0.5, 0.6) is 0 Å². The fourth-order valence-corrected chi connectivity index (χ4v) is 3.97. The van der Waals surface area contributed by atoms with Crippen molar-refractivity contribution in [3.63, 3.8) is 0 Å². The van der Waals surface area contributed by atoms with Crippen LogP contribution in [-0.2, 0) is 11.0 Å². The molecule has 0 radical (unpaired) electrons. The molecule has 7 nitrogen and oxygen atoms in total. The molecule has 4 rings (SSSR count). The molecule has 168 valence electrons. The minimum absolute atomic E-state index is 0.0610. The third-order valence-electron chi connectivity index (χ3n) is 5.59. The fourth-order valence-electron chi connectivity index (χ4n) is 3.97. The van der Waals surface area contributed by atoms with Crippen molar-refractivity contribution in [1.82, 2.24) is 15.2 Å². The van der Waals surface area contributed by atoms with Crippen LogP contribution in [0.3, 0.4) is 0 Å². The van der Waals surface area contributed by atoms with Crippen molar-refractivity contribution in [2.75, 3.05) is 24.5 Å². The average Bonchev–Trinajstić information content (AvgIpc) is 3.42. The molecule has 2 aliphatic rings. The highest BCUT2D eigenvalue weighted by molar-refractivity contribution is 5.99. The van der Waals surface area contributed by atoms with E-state index in [9.17, 15) is 27.6 Å². The molecule has 2 saturated heterocycles. The Labute approximate surface area is 182 Å². The molecule has 2 fully saturated rings. The van der Waals surface area contributed by atoms with E-state index in [2.05, 4.69) is 10.3 Å². The third-order valence-corrected chi connectivity index (χ3v) is 5.59. The molecule has 3 amide bonds. The fraction of sp³-hybridized carbons (Fsp3) is 0.364. The van der Waals surface area contributed by atoms with Gasteiger partial charge < -0.3 is 15.1 Å². The molecule has 1 unspecified atom stereocenters. The van der Waals surface area contributed by atoms with Crippen LogP contribution in [0.2, 0.25) is 0 Å². The average molecular weight is 446 g/mol. The van der Waals surface area contributed by atoms with Crippen LogP contribution in [0.15, 0.2) is 42.6 Å². The number of amides is 3. The number of nitrogens with zero attached hydrogens (tertiary/aromatic N) is 3. The molecule has 1 atom stereocenters. The van der Waals surface area contributed by atoms with Gasteiger partial charge in [0.15, 0.2) is 0 Å². The summed E-state index contributed by atoms with van der Waals surface area (Å²) in [5.41, 5.74) is -0.814. The summed E-state index contributed by atoms with van der Waals surface area (Å²) in [6.45, 7) is 0.947. The third kappa shape index (κ3) is 4.58. The maximum Gasteiger partial charge on any atom is 0.416 e. The van der Waals surface area contributed by atoms with E-state index < -0.39 is 23.7 Å². The Bertz CT molecular complexity index is 1040. The first kappa shape index (κ1) is 21.8. The summed E-state index contributed by atoms with van der Waals surface area (Å²) in [5, 5.41) is 2.72. The largest absolute Gasteiger partial charge is 0.416 e. The quantitative estimate of drug-likeness (QED) is 0.783. The number of hydrogen-bond donors (Lipinski definition) is 1. The number of carbonyl (C=O) groups excluding carboxylic acids is 3. The molecule has 32 heavy (non-hydrogen) atoms. The van der Waals surface area contributed by atoms with Gasteiger partial charge in [0.05, 0.1) is 5.56 Å². The summed E-state index contributed by atoms with van der Waals surface area (Å²) in [5.74, 6) is -1.22. The minimum Gasteiger partial charge on any atom is -0.347 e. The lowest BCUT2D eigenvalue weighted by molar-refractivity contribution is -0.137. The molecule has 1 aromatic carbocycles.